The van der Waals surface area contributed by atoms with Crippen molar-refractivity contribution in [3.8, 4) is 17.2 Å². The molecule has 0 unspecified atom stereocenters. The van der Waals surface area contributed by atoms with Gasteiger partial charge in [0.1, 0.15) is 6.33 Å². The molecule has 3 aromatic rings. The van der Waals surface area contributed by atoms with Crippen LogP contribution in [0.25, 0.3) is 17.2 Å². The summed E-state index contributed by atoms with van der Waals surface area (Å²) in [6, 6.07) is 11.0. The molecular weight excluding hydrogens is 398 g/mol. The highest BCUT2D eigenvalue weighted by Gasteiger charge is 2.22. The number of H-pyrrole nitrogens is 1. The molecule has 4 rings (SSSR count). The Balaban J connectivity index is 0.000000513. The molecule has 0 saturated carbocycles. The summed E-state index contributed by atoms with van der Waals surface area (Å²) in [4.78, 5) is 37.6. The van der Waals surface area contributed by atoms with Gasteiger partial charge >= 0.3 is 6.15 Å². The van der Waals surface area contributed by atoms with Crippen LogP contribution in [-0.2, 0) is 9.59 Å². The second-order valence-corrected chi connectivity index (χ2v) is 6.58. The van der Waals surface area contributed by atoms with E-state index in [4.69, 9.17) is 9.59 Å². The Hall–Kier alpha value is -3.88. The molecule has 0 amide bonds. The van der Waals surface area contributed by atoms with Gasteiger partial charge in [0.2, 0.25) is 0 Å². The monoisotopic (exact) mass is 423 g/mol. The van der Waals surface area contributed by atoms with E-state index in [1.54, 1.807) is 12.1 Å². The van der Waals surface area contributed by atoms with Crippen molar-refractivity contribution in [2.45, 2.75) is 6.92 Å². The molecule has 0 spiro atoms. The first kappa shape index (κ1) is 23.4. The lowest BCUT2D eigenvalue weighted by Gasteiger charge is -2.34. The number of allylic oxidation sites excluding steroid dienone is 1. The van der Waals surface area contributed by atoms with Gasteiger partial charge in [0.15, 0.2) is 11.5 Å². The molecule has 1 aliphatic rings. The zero-order valence-corrected chi connectivity index (χ0v) is 17.6. The van der Waals surface area contributed by atoms with Gasteiger partial charge in [0.25, 0.3) is 5.56 Å². The van der Waals surface area contributed by atoms with Crippen LogP contribution in [0.4, 0.5) is 5.69 Å². The van der Waals surface area contributed by atoms with Crippen LogP contribution < -0.4 is 10.5 Å². The van der Waals surface area contributed by atoms with Gasteiger partial charge in [-0.3, -0.25) is 9.89 Å². The number of nitrogens with one attached hydrogen (secondary N) is 1. The first-order chi connectivity index (χ1) is 15.0. The Morgan fingerprint density at radius 2 is 1.74 bits per heavy atom. The fourth-order valence-corrected chi connectivity index (χ4v) is 2.98. The highest BCUT2D eigenvalue weighted by molar-refractivity contribution is 5.70. The Bertz CT molecular complexity index is 1030. The Labute approximate surface area is 179 Å². The number of anilines is 1. The minimum atomic E-state index is -0.164. The first-order valence-corrected chi connectivity index (χ1v) is 9.61. The van der Waals surface area contributed by atoms with Gasteiger partial charge in [-0.05, 0) is 26.1 Å². The molecule has 0 radical (unpaired) electrons. The number of piperazine rings is 1. The summed E-state index contributed by atoms with van der Waals surface area (Å²) in [7, 11) is 2.10. The van der Waals surface area contributed by atoms with Crippen molar-refractivity contribution in [3.63, 3.8) is 0 Å². The van der Waals surface area contributed by atoms with E-state index in [9.17, 15) is 4.79 Å². The number of nitrogens with zero attached hydrogens (tertiary/aromatic N) is 6. The third-order valence-corrected chi connectivity index (χ3v) is 4.40. The second kappa shape index (κ2) is 12.0. The van der Waals surface area contributed by atoms with Crippen LogP contribution in [0.1, 0.15) is 6.92 Å². The average Bonchev–Trinajstić information content (AvgIpc) is 3.31. The van der Waals surface area contributed by atoms with Gasteiger partial charge in [-0.15, -0.1) is 6.58 Å². The predicted octanol–water partition coefficient (Wildman–Crippen LogP) is 1.38. The molecule has 162 valence electrons. The number of rotatable bonds is 3. The maximum Gasteiger partial charge on any atom is 0.373 e. The highest BCUT2D eigenvalue weighted by Crippen LogP contribution is 2.26. The van der Waals surface area contributed by atoms with Crippen molar-refractivity contribution in [1.82, 2.24) is 29.9 Å². The van der Waals surface area contributed by atoms with Gasteiger partial charge in [0, 0.05) is 32.2 Å². The minimum absolute atomic E-state index is 0.164. The molecule has 0 aliphatic carbocycles. The molecule has 31 heavy (non-hydrogen) atoms. The average molecular weight is 423 g/mol. The van der Waals surface area contributed by atoms with Crippen LogP contribution in [0.5, 0.6) is 0 Å². The van der Waals surface area contributed by atoms with E-state index in [1.165, 1.54) is 11.0 Å². The molecule has 1 N–H and O–H groups in total. The number of benzene rings is 1. The number of para-hydroxylation sites is 1. The lowest BCUT2D eigenvalue weighted by atomic mass is 10.2. The summed E-state index contributed by atoms with van der Waals surface area (Å²) in [5, 5.41) is 11.4. The molecule has 10 nitrogen and oxygen atoms in total. The van der Waals surface area contributed by atoms with E-state index in [0.29, 0.717) is 11.5 Å². The van der Waals surface area contributed by atoms with Crippen molar-refractivity contribution in [2.24, 2.45) is 0 Å². The standard InChI is InChI=1S/C17H19N7O.C3H6.CO2/c1-22-7-9-23(10-8-22)14-11-15(25)24(13-5-3-2-4-6-13)21-16(14)17-18-12-19-20-17;1-3-2;2-1-3/h2-6,11-12H,7-10H2,1H3,(H,18,19,20);3H,1H2,2H3;. The summed E-state index contributed by atoms with van der Waals surface area (Å²) < 4.78 is 1.40. The molecule has 1 fully saturated rings. The number of aromatic nitrogens is 5. The van der Waals surface area contributed by atoms with Crippen LogP contribution in [0.2, 0.25) is 0 Å². The molecule has 2 aromatic heterocycles. The van der Waals surface area contributed by atoms with Crippen LogP contribution in [-0.4, -0.2) is 69.2 Å². The molecule has 1 aromatic carbocycles. The molecule has 10 heteroatoms. The predicted molar refractivity (Wildman–Crippen MR) is 116 cm³/mol. The molecule has 0 bridgehead atoms. The summed E-state index contributed by atoms with van der Waals surface area (Å²) in [5.74, 6) is 0.554. The van der Waals surface area contributed by atoms with Crippen molar-refractivity contribution in [1.29, 1.82) is 0 Å². The van der Waals surface area contributed by atoms with Gasteiger partial charge in [0.05, 0.1) is 11.4 Å². The van der Waals surface area contributed by atoms with Gasteiger partial charge in [-0.2, -0.15) is 24.5 Å². The van der Waals surface area contributed by atoms with Gasteiger partial charge in [-0.25, -0.2) is 4.98 Å². The Morgan fingerprint density at radius 1 is 1.13 bits per heavy atom. The van der Waals surface area contributed by atoms with E-state index in [0.717, 1.165) is 37.6 Å². The van der Waals surface area contributed by atoms with Crippen LogP contribution >= 0.6 is 0 Å². The molecule has 0 atom stereocenters. The third kappa shape index (κ3) is 6.30. The zero-order valence-electron chi connectivity index (χ0n) is 17.6. The van der Waals surface area contributed by atoms with Crippen molar-refractivity contribution >= 4 is 11.8 Å². The maximum atomic E-state index is 12.7. The summed E-state index contributed by atoms with van der Waals surface area (Å²) in [6.07, 6.45) is 3.45. The number of likely N-dealkylation sites (N-methyl/N-ethyl adjacent to an activating group) is 1. The van der Waals surface area contributed by atoms with E-state index in [-0.39, 0.29) is 11.7 Å². The first-order valence-electron chi connectivity index (χ1n) is 9.61. The zero-order chi connectivity index (χ0) is 22.6. The third-order valence-electron chi connectivity index (χ3n) is 4.40. The normalized spacial score (nSPS) is 13.2. The minimum Gasteiger partial charge on any atom is -0.367 e. The van der Waals surface area contributed by atoms with Gasteiger partial charge in [-0.1, -0.05) is 24.3 Å². The van der Waals surface area contributed by atoms with Crippen LogP contribution in [0.3, 0.4) is 0 Å². The number of carbonyl (C=O) groups excluding carboxylic acids is 2. The van der Waals surface area contributed by atoms with Crippen LogP contribution in [0, 0.1) is 0 Å². The smallest absolute Gasteiger partial charge is 0.367 e. The van der Waals surface area contributed by atoms with Crippen molar-refractivity contribution in [3.05, 3.63) is 65.7 Å². The lowest BCUT2D eigenvalue weighted by molar-refractivity contribution is -0.191. The van der Waals surface area contributed by atoms with E-state index in [2.05, 4.69) is 43.7 Å². The van der Waals surface area contributed by atoms with E-state index in [1.807, 2.05) is 37.3 Å². The summed E-state index contributed by atoms with van der Waals surface area (Å²) in [6.45, 7) is 8.82. The summed E-state index contributed by atoms with van der Waals surface area (Å²) in [5.41, 5.74) is 1.98. The fourth-order valence-electron chi connectivity index (χ4n) is 2.98. The lowest BCUT2D eigenvalue weighted by Crippen LogP contribution is -2.45. The fraction of sp³-hybridized carbons (Fsp3) is 0.286. The van der Waals surface area contributed by atoms with Crippen LogP contribution in [0.15, 0.2) is 60.2 Å². The maximum absolute atomic E-state index is 12.7. The Morgan fingerprint density at radius 3 is 2.29 bits per heavy atom. The number of hydrogen-bond donors (Lipinski definition) is 1. The quantitative estimate of drug-likeness (QED) is 0.628. The SMILES string of the molecule is C=CC.CN1CCN(c2cc(=O)n(-c3ccccc3)nc2-c2ncn[nH]2)CC1.O=C=O. The molecule has 3 heterocycles. The second-order valence-electron chi connectivity index (χ2n) is 6.58. The van der Waals surface area contributed by atoms with E-state index >= 15 is 0 Å². The molecular formula is C21H25N7O3. The highest BCUT2D eigenvalue weighted by atomic mass is 16.2. The number of hydrogen-bond acceptors (Lipinski definition) is 8. The molecule has 1 saturated heterocycles. The largest absolute Gasteiger partial charge is 0.373 e. The van der Waals surface area contributed by atoms with Crippen molar-refractivity contribution in [2.75, 3.05) is 38.1 Å². The summed E-state index contributed by atoms with van der Waals surface area (Å²) >= 11 is 0. The van der Waals surface area contributed by atoms with Gasteiger partial charge < -0.3 is 9.80 Å². The Kier molecular flexibility index (Phi) is 9.03. The van der Waals surface area contributed by atoms with Crippen molar-refractivity contribution < 1.29 is 9.59 Å². The topological polar surface area (TPSA) is 117 Å². The van der Waals surface area contributed by atoms with E-state index < -0.39 is 0 Å². The number of aromatic amines is 1. The molecule has 1 aliphatic heterocycles.